The molecule has 122 valence electrons. The molecule has 0 aromatic carbocycles. The van der Waals surface area contributed by atoms with Gasteiger partial charge in [-0.05, 0) is 31.6 Å². The molecule has 3 aliphatic rings. The minimum absolute atomic E-state index is 0.0280. The van der Waals surface area contributed by atoms with Crippen LogP contribution in [0.4, 0.5) is 0 Å². The zero-order valence-electron chi connectivity index (χ0n) is 13.3. The Kier molecular flexibility index (Phi) is 4.59. The smallest absolute Gasteiger partial charge is 0.165 e. The second-order valence-electron chi connectivity index (χ2n) is 7.09. The first-order valence-corrected chi connectivity index (χ1v) is 8.54. The van der Waals surface area contributed by atoms with Crippen LogP contribution in [0, 0.1) is 29.6 Å². The number of aliphatic hydroxyl groups is 2. The SMILES string of the molecule is CO[C@@]12CC[C@H](O)[C@@H](C#C[C@@H](O)C3CCCCC3)[C@@H]1CC2=O. The average Bonchev–Trinajstić information content (AvgIpc) is 2.54. The lowest BCUT2D eigenvalue weighted by molar-refractivity contribution is -0.190. The van der Waals surface area contributed by atoms with Crippen molar-refractivity contribution >= 4 is 5.78 Å². The predicted molar refractivity (Wildman–Crippen MR) is 81.9 cm³/mol. The van der Waals surface area contributed by atoms with Gasteiger partial charge in [0.05, 0.1) is 12.0 Å². The molecule has 2 N–H and O–H groups in total. The summed E-state index contributed by atoms with van der Waals surface area (Å²) in [6.07, 6.45) is 6.07. The van der Waals surface area contributed by atoms with Crippen molar-refractivity contribution in [3.8, 4) is 11.8 Å². The van der Waals surface area contributed by atoms with Crippen LogP contribution in [-0.4, -0.2) is 40.9 Å². The van der Waals surface area contributed by atoms with Crippen molar-refractivity contribution in [2.75, 3.05) is 7.11 Å². The second kappa shape index (κ2) is 6.31. The van der Waals surface area contributed by atoms with Crippen LogP contribution in [0.25, 0.3) is 0 Å². The summed E-state index contributed by atoms with van der Waals surface area (Å²) in [6, 6.07) is 0. The molecule has 0 radical (unpaired) electrons. The van der Waals surface area contributed by atoms with E-state index in [0.29, 0.717) is 19.3 Å². The van der Waals surface area contributed by atoms with E-state index in [2.05, 4.69) is 11.8 Å². The van der Waals surface area contributed by atoms with Gasteiger partial charge in [-0.15, -0.1) is 0 Å². The van der Waals surface area contributed by atoms with E-state index < -0.39 is 17.8 Å². The highest BCUT2D eigenvalue weighted by atomic mass is 16.5. The number of carbonyl (C=O) groups excluding carboxylic acids is 1. The molecule has 0 amide bonds. The second-order valence-corrected chi connectivity index (χ2v) is 7.09. The summed E-state index contributed by atoms with van der Waals surface area (Å²) in [5, 5.41) is 20.5. The molecule has 3 saturated carbocycles. The summed E-state index contributed by atoms with van der Waals surface area (Å²) in [5.41, 5.74) is -0.728. The minimum atomic E-state index is -0.728. The molecule has 0 aromatic heterocycles. The first kappa shape index (κ1) is 16.0. The fourth-order valence-corrected chi connectivity index (χ4v) is 4.48. The van der Waals surface area contributed by atoms with Gasteiger partial charge in [-0.25, -0.2) is 0 Å². The summed E-state index contributed by atoms with van der Waals surface area (Å²) < 4.78 is 5.50. The monoisotopic (exact) mass is 306 g/mol. The molecular formula is C18H26O4. The minimum Gasteiger partial charge on any atom is -0.392 e. The standard InChI is InChI=1S/C18H26O4/c1-22-18-10-9-16(20)13(14(18)11-17(18)21)7-8-15(19)12-5-3-2-4-6-12/h12-16,19-20H,2-6,9-11H2,1H3/t13-,14-,15+,16-,18-/m0/s1. The number of ketones is 1. The van der Waals surface area contributed by atoms with Crippen molar-refractivity contribution in [1.29, 1.82) is 0 Å². The quantitative estimate of drug-likeness (QED) is 0.762. The van der Waals surface area contributed by atoms with Crippen LogP contribution in [-0.2, 0) is 9.53 Å². The fraction of sp³-hybridized carbons (Fsp3) is 0.833. The van der Waals surface area contributed by atoms with Crippen LogP contribution in [0.2, 0.25) is 0 Å². The summed E-state index contributed by atoms with van der Waals surface area (Å²) in [7, 11) is 1.57. The Labute approximate surface area is 132 Å². The maximum absolute atomic E-state index is 12.0. The number of aliphatic hydroxyl groups excluding tert-OH is 2. The van der Waals surface area contributed by atoms with E-state index in [1.165, 1.54) is 19.3 Å². The van der Waals surface area contributed by atoms with Crippen molar-refractivity contribution < 1.29 is 19.7 Å². The van der Waals surface area contributed by atoms with Gasteiger partial charge in [-0.2, -0.15) is 0 Å². The number of hydrogen-bond acceptors (Lipinski definition) is 4. The maximum Gasteiger partial charge on any atom is 0.165 e. The summed E-state index contributed by atoms with van der Waals surface area (Å²) in [4.78, 5) is 12.0. The number of carbonyl (C=O) groups is 1. The molecule has 0 saturated heterocycles. The third-order valence-corrected chi connectivity index (χ3v) is 5.99. The fourth-order valence-electron chi connectivity index (χ4n) is 4.48. The van der Waals surface area contributed by atoms with Gasteiger partial charge in [0.25, 0.3) is 0 Å². The number of methoxy groups -OCH3 is 1. The molecule has 5 atom stereocenters. The number of hydrogen-bond donors (Lipinski definition) is 2. The Hall–Kier alpha value is -0.890. The molecule has 3 fully saturated rings. The lowest BCUT2D eigenvalue weighted by Crippen LogP contribution is -2.64. The molecule has 4 heteroatoms. The Balaban J connectivity index is 1.71. The van der Waals surface area contributed by atoms with Crippen LogP contribution >= 0.6 is 0 Å². The van der Waals surface area contributed by atoms with Crippen molar-refractivity contribution in [2.45, 2.75) is 69.2 Å². The lowest BCUT2D eigenvalue weighted by Gasteiger charge is -2.53. The molecule has 0 aromatic rings. The van der Waals surface area contributed by atoms with Gasteiger partial charge < -0.3 is 14.9 Å². The van der Waals surface area contributed by atoms with Crippen LogP contribution < -0.4 is 0 Å². The molecule has 0 unspecified atom stereocenters. The Morgan fingerprint density at radius 3 is 2.64 bits per heavy atom. The van der Waals surface area contributed by atoms with Crippen molar-refractivity contribution in [3.05, 3.63) is 0 Å². The summed E-state index contributed by atoms with van der Waals surface area (Å²) in [6.45, 7) is 0. The molecule has 4 nitrogen and oxygen atoms in total. The van der Waals surface area contributed by atoms with E-state index in [4.69, 9.17) is 4.74 Å². The van der Waals surface area contributed by atoms with Gasteiger partial charge in [0, 0.05) is 19.4 Å². The highest BCUT2D eigenvalue weighted by molar-refractivity contribution is 5.94. The molecule has 0 spiro atoms. The number of Topliss-reactive ketones (excluding diaryl/α,β-unsaturated/α-hetero) is 1. The third-order valence-electron chi connectivity index (χ3n) is 5.99. The summed E-state index contributed by atoms with van der Waals surface area (Å²) in [5.74, 6) is 6.17. The largest absolute Gasteiger partial charge is 0.392 e. The van der Waals surface area contributed by atoms with E-state index in [1.54, 1.807) is 7.11 Å². The predicted octanol–water partition coefficient (Wildman–Crippen LogP) is 1.68. The third kappa shape index (κ3) is 2.60. The first-order valence-electron chi connectivity index (χ1n) is 8.54. The van der Waals surface area contributed by atoms with Crippen molar-refractivity contribution in [2.24, 2.45) is 17.8 Å². The van der Waals surface area contributed by atoms with E-state index in [1.807, 2.05) is 0 Å². The van der Waals surface area contributed by atoms with E-state index in [9.17, 15) is 15.0 Å². The molecule has 0 heterocycles. The lowest BCUT2D eigenvalue weighted by atomic mass is 9.55. The van der Waals surface area contributed by atoms with Gasteiger partial charge in [-0.1, -0.05) is 31.1 Å². The highest BCUT2D eigenvalue weighted by Crippen LogP contribution is 2.50. The van der Waals surface area contributed by atoms with Crippen LogP contribution in [0.3, 0.4) is 0 Å². The summed E-state index contributed by atoms with van der Waals surface area (Å²) >= 11 is 0. The molecule has 22 heavy (non-hydrogen) atoms. The Bertz CT molecular complexity index is 485. The Morgan fingerprint density at radius 1 is 1.27 bits per heavy atom. The van der Waals surface area contributed by atoms with Crippen molar-refractivity contribution in [1.82, 2.24) is 0 Å². The highest BCUT2D eigenvalue weighted by Gasteiger charge is 2.61. The zero-order valence-corrected chi connectivity index (χ0v) is 13.3. The number of ether oxygens (including phenoxy) is 1. The number of rotatable bonds is 2. The molecule has 3 aliphatic carbocycles. The average molecular weight is 306 g/mol. The normalized spacial score (nSPS) is 40.1. The molecule has 0 bridgehead atoms. The first-order chi connectivity index (χ1) is 10.6. The van der Waals surface area contributed by atoms with Gasteiger partial charge in [-0.3, -0.25) is 4.79 Å². The van der Waals surface area contributed by atoms with Gasteiger partial charge >= 0.3 is 0 Å². The molecule has 0 aliphatic heterocycles. The topological polar surface area (TPSA) is 66.8 Å². The zero-order chi connectivity index (χ0) is 15.7. The van der Waals surface area contributed by atoms with Crippen LogP contribution in [0.5, 0.6) is 0 Å². The van der Waals surface area contributed by atoms with Crippen LogP contribution in [0.15, 0.2) is 0 Å². The van der Waals surface area contributed by atoms with E-state index in [-0.39, 0.29) is 23.5 Å². The maximum atomic E-state index is 12.0. The van der Waals surface area contributed by atoms with Gasteiger partial charge in [0.1, 0.15) is 11.7 Å². The van der Waals surface area contributed by atoms with Gasteiger partial charge in [0.2, 0.25) is 0 Å². The van der Waals surface area contributed by atoms with E-state index >= 15 is 0 Å². The molecule has 3 rings (SSSR count). The Morgan fingerprint density at radius 2 is 2.00 bits per heavy atom. The van der Waals surface area contributed by atoms with E-state index in [0.717, 1.165) is 12.8 Å². The molecular weight excluding hydrogens is 280 g/mol. The van der Waals surface area contributed by atoms with Gasteiger partial charge in [0.15, 0.2) is 5.78 Å². The van der Waals surface area contributed by atoms with Crippen LogP contribution in [0.1, 0.15) is 51.4 Å². The van der Waals surface area contributed by atoms with Crippen molar-refractivity contribution in [3.63, 3.8) is 0 Å². The number of fused-ring (bicyclic) bond motifs is 1.